The van der Waals surface area contributed by atoms with Crippen LogP contribution in [0.4, 0.5) is 0 Å². The summed E-state index contributed by atoms with van der Waals surface area (Å²) in [7, 11) is -1.01. The fourth-order valence-corrected chi connectivity index (χ4v) is 4.36. The molecule has 2 aromatic carbocycles. The van der Waals surface area contributed by atoms with Gasteiger partial charge in [-0.1, -0.05) is 35.9 Å². The van der Waals surface area contributed by atoms with E-state index in [1.807, 2.05) is 0 Å². The molecule has 0 spiro atoms. The summed E-state index contributed by atoms with van der Waals surface area (Å²) in [6.07, 6.45) is 0. The highest BCUT2D eigenvalue weighted by Crippen LogP contribution is 2.46. The van der Waals surface area contributed by atoms with Crippen LogP contribution in [0.5, 0.6) is 0 Å². The van der Waals surface area contributed by atoms with Crippen LogP contribution < -0.4 is 0 Å². The Bertz CT molecular complexity index is 698. The molecule has 1 heterocycles. The van der Waals surface area contributed by atoms with Crippen molar-refractivity contribution in [3.63, 3.8) is 0 Å². The molecule has 0 N–H and O–H groups in total. The summed E-state index contributed by atoms with van der Waals surface area (Å²) in [6, 6.07) is 12.7. The lowest BCUT2D eigenvalue weighted by Crippen LogP contribution is -2.28. The average Bonchev–Trinajstić information content (AvgIpc) is 2.37. The second-order valence-corrected chi connectivity index (χ2v) is 7.83. The Morgan fingerprint density at radius 2 is 1.47 bits per heavy atom. The van der Waals surface area contributed by atoms with Gasteiger partial charge in [0.15, 0.2) is 0 Å². The topological polar surface area (TPSA) is 17.1 Å². The van der Waals surface area contributed by atoms with Crippen LogP contribution in [0.3, 0.4) is 0 Å². The molecule has 1 aliphatic rings. The lowest BCUT2D eigenvalue weighted by atomic mass is 9.89. The molecule has 0 saturated carbocycles. The molecule has 1 unspecified atom stereocenters. The minimum atomic E-state index is -1.01. The monoisotopic (exact) mass is 270 g/mol. The van der Waals surface area contributed by atoms with E-state index >= 15 is 0 Å². The van der Waals surface area contributed by atoms with Gasteiger partial charge < -0.3 is 0 Å². The second kappa shape index (κ2) is 4.04. The Labute approximate surface area is 117 Å². The minimum Gasteiger partial charge on any atom is -0.253 e. The van der Waals surface area contributed by atoms with Gasteiger partial charge >= 0.3 is 0 Å². The molecule has 1 atom stereocenters. The molecule has 0 saturated heterocycles. The maximum atomic E-state index is 12.9. The number of fused-ring (bicyclic) bond motifs is 3. The Balaban J connectivity index is 2.40. The molecule has 1 nitrogen and oxygen atoms in total. The maximum Gasteiger partial charge on any atom is 0.0703 e. The number of aryl methyl sites for hydroxylation is 2. The van der Waals surface area contributed by atoms with Crippen LogP contribution in [0.1, 0.15) is 30.5 Å². The van der Waals surface area contributed by atoms with Crippen LogP contribution in [-0.2, 0) is 15.5 Å². The van der Waals surface area contributed by atoms with E-state index in [1.165, 1.54) is 22.3 Å². The molecule has 0 amide bonds. The van der Waals surface area contributed by atoms with Crippen molar-refractivity contribution in [1.82, 2.24) is 0 Å². The lowest BCUT2D eigenvalue weighted by Gasteiger charge is -2.33. The third kappa shape index (κ3) is 1.78. The van der Waals surface area contributed by atoms with E-state index in [1.54, 1.807) is 0 Å². The zero-order valence-corrected chi connectivity index (χ0v) is 12.6. The quantitative estimate of drug-likeness (QED) is 0.696. The van der Waals surface area contributed by atoms with Crippen molar-refractivity contribution in [2.75, 3.05) is 0 Å². The van der Waals surface area contributed by atoms with E-state index < -0.39 is 10.8 Å². The fraction of sp³-hybridized carbons (Fsp3) is 0.294. The van der Waals surface area contributed by atoms with Gasteiger partial charge in [0.25, 0.3) is 0 Å². The van der Waals surface area contributed by atoms with Crippen molar-refractivity contribution in [3.05, 3.63) is 53.1 Å². The first-order valence-electron chi connectivity index (χ1n) is 6.55. The SMILES string of the molecule is Cc1ccc2c(c1)S(=O)C(C)(C)c1cc(C)ccc1-2. The third-order valence-electron chi connectivity index (χ3n) is 3.91. The molecule has 0 radical (unpaired) electrons. The third-order valence-corrected chi connectivity index (χ3v) is 5.80. The molecule has 0 bridgehead atoms. The number of hydrogen-bond donors (Lipinski definition) is 0. The normalized spacial score (nSPS) is 19.7. The Kier molecular flexibility index (Phi) is 2.68. The molecule has 0 aliphatic carbocycles. The summed E-state index contributed by atoms with van der Waals surface area (Å²) >= 11 is 0. The fourth-order valence-electron chi connectivity index (χ4n) is 2.77. The molecule has 98 valence electrons. The molecule has 0 fully saturated rings. The van der Waals surface area contributed by atoms with Crippen LogP contribution in [0.25, 0.3) is 11.1 Å². The van der Waals surface area contributed by atoms with E-state index in [2.05, 4.69) is 64.1 Å². The summed E-state index contributed by atoms with van der Waals surface area (Å²) in [5.41, 5.74) is 5.93. The van der Waals surface area contributed by atoms with Gasteiger partial charge in [-0.3, -0.25) is 4.21 Å². The summed E-state index contributed by atoms with van der Waals surface area (Å²) in [5.74, 6) is 0. The van der Waals surface area contributed by atoms with E-state index in [-0.39, 0.29) is 4.75 Å². The van der Waals surface area contributed by atoms with Gasteiger partial charge in [0, 0.05) is 4.90 Å². The van der Waals surface area contributed by atoms with E-state index in [0.717, 1.165) is 10.5 Å². The van der Waals surface area contributed by atoms with Gasteiger partial charge in [-0.05, 0) is 56.0 Å². The van der Waals surface area contributed by atoms with Crippen molar-refractivity contribution in [2.45, 2.75) is 37.3 Å². The van der Waals surface area contributed by atoms with E-state index in [0.29, 0.717) is 0 Å². The van der Waals surface area contributed by atoms with Gasteiger partial charge in [-0.25, -0.2) is 0 Å². The molecular weight excluding hydrogens is 252 g/mol. The maximum absolute atomic E-state index is 12.9. The molecule has 3 rings (SSSR count). The van der Waals surface area contributed by atoms with E-state index in [4.69, 9.17) is 0 Å². The van der Waals surface area contributed by atoms with Crippen molar-refractivity contribution in [1.29, 1.82) is 0 Å². The summed E-state index contributed by atoms with van der Waals surface area (Å²) in [5, 5.41) is 0. The molecule has 2 heteroatoms. The van der Waals surface area contributed by atoms with Gasteiger partial charge in [-0.2, -0.15) is 0 Å². The van der Waals surface area contributed by atoms with Crippen LogP contribution in [0.2, 0.25) is 0 Å². The Morgan fingerprint density at radius 3 is 2.16 bits per heavy atom. The predicted octanol–water partition coefficient (Wildman–Crippen LogP) is 4.33. The molecule has 0 aromatic heterocycles. The standard InChI is InChI=1S/C17H18OS/c1-11-5-7-13-14-8-6-12(2)10-16(14)19(18)17(3,4)15(13)9-11/h5-10H,1-4H3. The highest BCUT2D eigenvalue weighted by Gasteiger charge is 2.37. The summed E-state index contributed by atoms with van der Waals surface area (Å²) in [6.45, 7) is 8.29. The van der Waals surface area contributed by atoms with Crippen molar-refractivity contribution in [3.8, 4) is 11.1 Å². The van der Waals surface area contributed by atoms with Crippen molar-refractivity contribution < 1.29 is 4.21 Å². The molecule has 19 heavy (non-hydrogen) atoms. The highest BCUT2D eigenvalue weighted by molar-refractivity contribution is 7.86. The molecule has 1 aliphatic heterocycles. The smallest absolute Gasteiger partial charge is 0.0703 e. The summed E-state index contributed by atoms with van der Waals surface area (Å²) in [4.78, 5) is 0.973. The first-order valence-corrected chi connectivity index (χ1v) is 7.70. The van der Waals surface area contributed by atoms with Gasteiger partial charge in [0.05, 0.1) is 15.5 Å². The number of rotatable bonds is 0. The average molecular weight is 270 g/mol. The van der Waals surface area contributed by atoms with E-state index in [9.17, 15) is 4.21 Å². The van der Waals surface area contributed by atoms with Crippen LogP contribution >= 0.6 is 0 Å². The minimum absolute atomic E-state index is 0.331. The lowest BCUT2D eigenvalue weighted by molar-refractivity contribution is 0.640. The van der Waals surface area contributed by atoms with Crippen molar-refractivity contribution >= 4 is 10.8 Å². The van der Waals surface area contributed by atoms with Gasteiger partial charge in [-0.15, -0.1) is 0 Å². The zero-order valence-electron chi connectivity index (χ0n) is 11.8. The van der Waals surface area contributed by atoms with Crippen molar-refractivity contribution in [2.24, 2.45) is 0 Å². The first kappa shape index (κ1) is 12.6. The Morgan fingerprint density at radius 1 is 0.895 bits per heavy atom. The van der Waals surface area contributed by atoms with Crippen LogP contribution in [0.15, 0.2) is 41.3 Å². The zero-order chi connectivity index (χ0) is 13.8. The van der Waals surface area contributed by atoms with Gasteiger partial charge in [0.1, 0.15) is 0 Å². The number of hydrogen-bond acceptors (Lipinski definition) is 1. The molecular formula is C17H18OS. The first-order chi connectivity index (χ1) is 8.91. The predicted molar refractivity (Wildman–Crippen MR) is 80.8 cm³/mol. The van der Waals surface area contributed by atoms with Gasteiger partial charge in [0.2, 0.25) is 0 Å². The largest absolute Gasteiger partial charge is 0.253 e. The molecule has 2 aromatic rings. The highest BCUT2D eigenvalue weighted by atomic mass is 32.2. The Hall–Kier alpha value is -1.41. The summed E-state index contributed by atoms with van der Waals surface area (Å²) < 4.78 is 12.5. The van der Waals surface area contributed by atoms with Crippen LogP contribution in [-0.4, -0.2) is 4.21 Å². The second-order valence-electron chi connectivity index (χ2n) is 5.83. The van der Waals surface area contributed by atoms with Crippen LogP contribution in [0, 0.1) is 13.8 Å². The number of benzene rings is 2.